The second-order valence-electron chi connectivity index (χ2n) is 4.87. The molecule has 6 heteroatoms. The zero-order chi connectivity index (χ0) is 14.5. The smallest absolute Gasteiger partial charge is 0.260 e. The Labute approximate surface area is 128 Å². The van der Waals surface area contributed by atoms with E-state index in [-0.39, 0.29) is 19.1 Å². The molecule has 1 aliphatic rings. The van der Waals surface area contributed by atoms with E-state index >= 15 is 0 Å². The van der Waals surface area contributed by atoms with Gasteiger partial charge in [-0.25, -0.2) is 0 Å². The molecule has 4 nitrogen and oxygen atoms in total. The van der Waals surface area contributed by atoms with Crippen LogP contribution in [0.4, 0.5) is 0 Å². The first kappa shape index (κ1) is 15.4. The van der Waals surface area contributed by atoms with Crippen LogP contribution in [-0.2, 0) is 4.79 Å². The van der Waals surface area contributed by atoms with Crippen LogP contribution in [0.5, 0.6) is 5.75 Å². The number of hydrogen-bond donors (Lipinski definition) is 1. The van der Waals surface area contributed by atoms with Crippen LogP contribution in [-0.4, -0.2) is 42.2 Å². The zero-order valence-electron chi connectivity index (χ0n) is 11.0. The quantitative estimate of drug-likeness (QED) is 0.908. The standard InChI is InChI=1S/C14H17Cl2NO3/c15-12-2-1-11(7-13(12)16)20-9-14(19)17-5-3-10(8-17)4-6-18/h1-2,7,10,18H,3-6,8-9H2. The van der Waals surface area contributed by atoms with Crippen molar-refractivity contribution in [1.82, 2.24) is 4.90 Å². The number of carbonyl (C=O) groups is 1. The molecule has 1 heterocycles. The van der Waals surface area contributed by atoms with Crippen LogP contribution in [0.25, 0.3) is 0 Å². The minimum absolute atomic E-state index is 0.0101. The van der Waals surface area contributed by atoms with Gasteiger partial charge >= 0.3 is 0 Å². The third kappa shape index (κ3) is 4.01. The molecule has 0 saturated carbocycles. The van der Waals surface area contributed by atoms with Crippen molar-refractivity contribution in [1.29, 1.82) is 0 Å². The Morgan fingerprint density at radius 3 is 2.90 bits per heavy atom. The third-order valence-corrected chi connectivity index (χ3v) is 4.17. The van der Waals surface area contributed by atoms with Gasteiger partial charge in [0.2, 0.25) is 0 Å². The summed E-state index contributed by atoms with van der Waals surface area (Å²) in [4.78, 5) is 13.8. The van der Waals surface area contributed by atoms with Crippen LogP contribution in [0.2, 0.25) is 10.0 Å². The van der Waals surface area contributed by atoms with E-state index in [1.54, 1.807) is 23.1 Å². The molecule has 0 aliphatic carbocycles. The van der Waals surface area contributed by atoms with Crippen molar-refractivity contribution in [3.8, 4) is 5.75 Å². The Balaban J connectivity index is 1.82. The van der Waals surface area contributed by atoms with E-state index in [2.05, 4.69) is 0 Å². The molecule has 0 radical (unpaired) electrons. The summed E-state index contributed by atoms with van der Waals surface area (Å²) >= 11 is 11.7. The monoisotopic (exact) mass is 317 g/mol. The molecule has 1 N–H and O–H groups in total. The Morgan fingerprint density at radius 1 is 1.40 bits per heavy atom. The van der Waals surface area contributed by atoms with Crippen LogP contribution in [0.15, 0.2) is 18.2 Å². The van der Waals surface area contributed by atoms with E-state index in [1.807, 2.05) is 0 Å². The first-order valence-electron chi connectivity index (χ1n) is 6.56. The molecule has 1 unspecified atom stereocenters. The maximum absolute atomic E-state index is 12.0. The largest absolute Gasteiger partial charge is 0.484 e. The van der Waals surface area contributed by atoms with Crippen molar-refractivity contribution in [2.45, 2.75) is 12.8 Å². The number of hydrogen-bond acceptors (Lipinski definition) is 3. The van der Waals surface area contributed by atoms with Crippen LogP contribution in [0.3, 0.4) is 0 Å². The molecule has 1 saturated heterocycles. The van der Waals surface area contributed by atoms with E-state index in [0.717, 1.165) is 19.4 Å². The lowest BCUT2D eigenvalue weighted by Gasteiger charge is -2.16. The fraction of sp³-hybridized carbons (Fsp3) is 0.500. The minimum atomic E-state index is -0.0449. The molecule has 1 aromatic rings. The van der Waals surface area contributed by atoms with Gasteiger partial charge < -0.3 is 14.7 Å². The first-order valence-corrected chi connectivity index (χ1v) is 7.32. The highest BCUT2D eigenvalue weighted by Gasteiger charge is 2.25. The van der Waals surface area contributed by atoms with Gasteiger partial charge in [0.15, 0.2) is 6.61 Å². The highest BCUT2D eigenvalue weighted by molar-refractivity contribution is 6.42. The van der Waals surface area contributed by atoms with Gasteiger partial charge in [-0.1, -0.05) is 23.2 Å². The summed E-state index contributed by atoms with van der Waals surface area (Å²) in [5.74, 6) is 0.879. The SMILES string of the molecule is O=C(COc1ccc(Cl)c(Cl)c1)N1CCC(CCO)C1. The highest BCUT2D eigenvalue weighted by Crippen LogP contribution is 2.26. The fourth-order valence-electron chi connectivity index (χ4n) is 2.28. The Hall–Kier alpha value is -0.970. The van der Waals surface area contributed by atoms with Gasteiger partial charge in [0.25, 0.3) is 5.91 Å². The average Bonchev–Trinajstić information content (AvgIpc) is 2.89. The summed E-state index contributed by atoms with van der Waals surface area (Å²) in [6.07, 6.45) is 1.69. The topological polar surface area (TPSA) is 49.8 Å². The summed E-state index contributed by atoms with van der Waals surface area (Å²) in [7, 11) is 0. The number of rotatable bonds is 5. The van der Waals surface area contributed by atoms with Gasteiger partial charge in [-0.2, -0.15) is 0 Å². The van der Waals surface area contributed by atoms with Crippen LogP contribution in [0.1, 0.15) is 12.8 Å². The van der Waals surface area contributed by atoms with E-state index in [1.165, 1.54) is 0 Å². The molecular formula is C14H17Cl2NO3. The van der Waals surface area contributed by atoms with E-state index in [9.17, 15) is 4.79 Å². The zero-order valence-corrected chi connectivity index (χ0v) is 12.5. The Kier molecular flexibility index (Phi) is 5.52. The number of aliphatic hydroxyl groups is 1. The molecule has 1 atom stereocenters. The number of halogens is 2. The summed E-state index contributed by atoms with van der Waals surface area (Å²) < 4.78 is 5.43. The third-order valence-electron chi connectivity index (χ3n) is 3.43. The highest BCUT2D eigenvalue weighted by atomic mass is 35.5. The van der Waals surface area contributed by atoms with Gasteiger partial charge in [0.1, 0.15) is 5.75 Å². The summed E-state index contributed by atoms with van der Waals surface area (Å²) in [6.45, 7) is 1.59. The first-order chi connectivity index (χ1) is 9.60. The van der Waals surface area contributed by atoms with Crippen LogP contribution in [0, 0.1) is 5.92 Å². The number of carbonyl (C=O) groups excluding carboxylic acids is 1. The molecule has 1 aliphatic heterocycles. The van der Waals surface area contributed by atoms with Crippen molar-refractivity contribution in [3.05, 3.63) is 28.2 Å². The number of amides is 1. The van der Waals surface area contributed by atoms with Crippen molar-refractivity contribution < 1.29 is 14.6 Å². The van der Waals surface area contributed by atoms with E-state index in [0.29, 0.717) is 28.3 Å². The second-order valence-corrected chi connectivity index (χ2v) is 5.69. The molecule has 0 spiro atoms. The number of ether oxygens (including phenoxy) is 1. The molecule has 0 aromatic heterocycles. The predicted octanol–water partition coefficient (Wildman–Crippen LogP) is 2.60. The predicted molar refractivity (Wildman–Crippen MR) is 78.3 cm³/mol. The molecule has 1 fully saturated rings. The lowest BCUT2D eigenvalue weighted by atomic mass is 10.1. The lowest BCUT2D eigenvalue weighted by Crippen LogP contribution is -2.33. The van der Waals surface area contributed by atoms with Crippen molar-refractivity contribution in [2.24, 2.45) is 5.92 Å². The fourth-order valence-corrected chi connectivity index (χ4v) is 2.57. The van der Waals surface area contributed by atoms with Gasteiger partial charge in [-0.05, 0) is 30.9 Å². The maximum Gasteiger partial charge on any atom is 0.260 e. The Morgan fingerprint density at radius 2 is 2.20 bits per heavy atom. The molecule has 1 amide bonds. The van der Waals surface area contributed by atoms with Crippen molar-refractivity contribution in [3.63, 3.8) is 0 Å². The van der Waals surface area contributed by atoms with Crippen molar-refractivity contribution >= 4 is 29.1 Å². The molecule has 110 valence electrons. The maximum atomic E-state index is 12.0. The van der Waals surface area contributed by atoms with Gasteiger partial charge in [0, 0.05) is 25.8 Å². The number of aliphatic hydroxyl groups excluding tert-OH is 1. The summed E-state index contributed by atoms with van der Waals surface area (Å²) in [5, 5.41) is 9.76. The van der Waals surface area contributed by atoms with Gasteiger partial charge in [0.05, 0.1) is 10.0 Å². The lowest BCUT2D eigenvalue weighted by molar-refractivity contribution is -0.132. The van der Waals surface area contributed by atoms with Crippen LogP contribution >= 0.6 is 23.2 Å². The molecule has 1 aromatic carbocycles. The summed E-state index contributed by atoms with van der Waals surface area (Å²) in [5.41, 5.74) is 0. The average molecular weight is 318 g/mol. The second kappa shape index (κ2) is 7.16. The number of nitrogens with zero attached hydrogens (tertiary/aromatic N) is 1. The normalized spacial score (nSPS) is 18.4. The van der Waals surface area contributed by atoms with E-state index in [4.69, 9.17) is 33.0 Å². The van der Waals surface area contributed by atoms with E-state index < -0.39 is 0 Å². The Bertz CT molecular complexity index is 481. The van der Waals surface area contributed by atoms with Crippen LogP contribution < -0.4 is 4.74 Å². The molecule has 2 rings (SSSR count). The van der Waals surface area contributed by atoms with Gasteiger partial charge in [-0.3, -0.25) is 4.79 Å². The van der Waals surface area contributed by atoms with Gasteiger partial charge in [-0.15, -0.1) is 0 Å². The number of likely N-dealkylation sites (tertiary alicyclic amines) is 1. The number of benzene rings is 1. The summed E-state index contributed by atoms with van der Waals surface area (Å²) in [6, 6.07) is 4.91. The minimum Gasteiger partial charge on any atom is -0.484 e. The molecule has 20 heavy (non-hydrogen) atoms. The molecular weight excluding hydrogens is 301 g/mol. The molecule has 0 bridgehead atoms. The van der Waals surface area contributed by atoms with Crippen molar-refractivity contribution in [2.75, 3.05) is 26.3 Å².